The van der Waals surface area contributed by atoms with E-state index in [4.69, 9.17) is 5.73 Å². The molecule has 0 fully saturated rings. The minimum atomic E-state index is -0.826. The van der Waals surface area contributed by atoms with Crippen LogP contribution in [0.1, 0.15) is 10.5 Å². The molecular weight excluding hydrogens is 292 g/mol. The number of methoxy groups -OCH3 is 1. The number of nitrogens with zero attached hydrogens (tertiary/aromatic N) is 2. The minimum absolute atomic E-state index is 0.127. The molecule has 0 aliphatic heterocycles. The Morgan fingerprint density at radius 3 is 2.77 bits per heavy atom. The average Bonchev–Trinajstić information content (AvgIpc) is 2.94. The summed E-state index contributed by atoms with van der Waals surface area (Å²) in [6.45, 7) is 0. The van der Waals surface area contributed by atoms with Gasteiger partial charge >= 0.3 is 5.97 Å². The fourth-order valence-electron chi connectivity index (χ4n) is 2.24. The lowest BCUT2D eigenvalue weighted by molar-refractivity contribution is 0.0597. The Bertz CT molecular complexity index is 890. The highest BCUT2D eigenvalue weighted by Gasteiger charge is 2.17. The molecule has 2 N–H and O–H groups in total. The number of nitrogens with two attached hydrogens (primary N) is 1. The zero-order chi connectivity index (χ0) is 15.9. The maximum Gasteiger partial charge on any atom is 0.358 e. The van der Waals surface area contributed by atoms with Gasteiger partial charge in [-0.1, -0.05) is 6.07 Å². The third-order valence-corrected chi connectivity index (χ3v) is 3.32. The van der Waals surface area contributed by atoms with Crippen LogP contribution in [0.25, 0.3) is 16.6 Å². The van der Waals surface area contributed by atoms with Gasteiger partial charge in [-0.25, -0.2) is 18.6 Å². The molecule has 5 nitrogen and oxygen atoms in total. The number of ether oxygens (including phenoxy) is 1. The van der Waals surface area contributed by atoms with Crippen LogP contribution in [-0.2, 0) is 4.74 Å². The molecule has 3 rings (SSSR count). The molecule has 0 aliphatic carbocycles. The predicted molar refractivity (Wildman–Crippen MR) is 76.3 cm³/mol. The first-order chi connectivity index (χ1) is 10.5. The number of nitrogen functional groups attached to an aromatic ring is 1. The molecule has 0 radical (unpaired) electrons. The summed E-state index contributed by atoms with van der Waals surface area (Å²) in [6, 6.07) is 5.30. The summed E-state index contributed by atoms with van der Waals surface area (Å²) in [4.78, 5) is 15.5. The van der Waals surface area contributed by atoms with Crippen molar-refractivity contribution in [1.82, 2.24) is 9.38 Å². The number of benzene rings is 1. The van der Waals surface area contributed by atoms with Gasteiger partial charge < -0.3 is 14.9 Å². The lowest BCUT2D eigenvalue weighted by Crippen LogP contribution is -2.02. The number of carbonyl (C=O) groups excluding carboxylic acids is 1. The fourth-order valence-corrected chi connectivity index (χ4v) is 2.24. The van der Waals surface area contributed by atoms with Crippen LogP contribution in [0.4, 0.5) is 14.5 Å². The van der Waals surface area contributed by atoms with Crippen molar-refractivity contribution in [2.24, 2.45) is 0 Å². The number of halogens is 2. The zero-order valence-electron chi connectivity index (χ0n) is 11.5. The number of anilines is 1. The third kappa shape index (κ3) is 2.07. The van der Waals surface area contributed by atoms with E-state index in [-0.39, 0.29) is 22.5 Å². The molecule has 112 valence electrons. The molecule has 0 bridgehead atoms. The summed E-state index contributed by atoms with van der Waals surface area (Å²) in [5.41, 5.74) is 5.99. The van der Waals surface area contributed by atoms with Gasteiger partial charge in [-0.15, -0.1) is 0 Å². The van der Waals surface area contributed by atoms with Crippen LogP contribution >= 0.6 is 0 Å². The van der Waals surface area contributed by atoms with Crippen LogP contribution in [0.2, 0.25) is 0 Å². The number of rotatable bonds is 2. The topological polar surface area (TPSA) is 69.6 Å². The number of esters is 1. The summed E-state index contributed by atoms with van der Waals surface area (Å²) in [5.74, 6) is -2.14. The van der Waals surface area contributed by atoms with Crippen LogP contribution in [0.5, 0.6) is 0 Å². The van der Waals surface area contributed by atoms with Crippen molar-refractivity contribution >= 4 is 17.2 Å². The van der Waals surface area contributed by atoms with E-state index in [1.807, 2.05) is 0 Å². The molecule has 2 heterocycles. The molecule has 7 heteroatoms. The molecule has 2 aromatic heterocycles. The largest absolute Gasteiger partial charge is 0.464 e. The Kier molecular flexibility index (Phi) is 3.25. The molecule has 0 spiro atoms. The second-order valence-corrected chi connectivity index (χ2v) is 4.62. The van der Waals surface area contributed by atoms with E-state index in [0.717, 1.165) is 6.07 Å². The van der Waals surface area contributed by atoms with Gasteiger partial charge in [0.2, 0.25) is 0 Å². The van der Waals surface area contributed by atoms with Crippen molar-refractivity contribution in [1.29, 1.82) is 0 Å². The Morgan fingerprint density at radius 2 is 2.05 bits per heavy atom. The number of carbonyl (C=O) groups is 1. The van der Waals surface area contributed by atoms with E-state index >= 15 is 0 Å². The maximum absolute atomic E-state index is 14.1. The first-order valence-corrected chi connectivity index (χ1v) is 6.31. The van der Waals surface area contributed by atoms with E-state index in [1.54, 1.807) is 0 Å². The van der Waals surface area contributed by atoms with Gasteiger partial charge in [-0.05, 0) is 18.2 Å². The van der Waals surface area contributed by atoms with Crippen molar-refractivity contribution in [3.8, 4) is 11.1 Å². The Hall–Kier alpha value is -2.96. The standard InChI is InChI=1S/C15H11F2N3O2/c1-22-15(21)14-11-5-2-8(6-20(11)7-19-14)12-9(16)3-4-10(18)13(12)17/h2-7H,18H2,1H3. The van der Waals surface area contributed by atoms with Crippen LogP contribution in [-0.4, -0.2) is 22.5 Å². The molecule has 0 amide bonds. The van der Waals surface area contributed by atoms with Crippen molar-refractivity contribution in [2.45, 2.75) is 0 Å². The molecule has 1 aromatic carbocycles. The van der Waals surface area contributed by atoms with Gasteiger partial charge in [0.05, 0.1) is 23.9 Å². The number of hydrogen-bond acceptors (Lipinski definition) is 4. The van der Waals surface area contributed by atoms with Crippen molar-refractivity contribution in [2.75, 3.05) is 12.8 Å². The van der Waals surface area contributed by atoms with Gasteiger partial charge in [-0.3, -0.25) is 0 Å². The monoisotopic (exact) mass is 303 g/mol. The van der Waals surface area contributed by atoms with Crippen molar-refractivity contribution in [3.05, 3.63) is 54.1 Å². The highest BCUT2D eigenvalue weighted by molar-refractivity contribution is 5.95. The van der Waals surface area contributed by atoms with Crippen LogP contribution in [0.15, 0.2) is 36.8 Å². The maximum atomic E-state index is 14.1. The second kappa shape index (κ2) is 5.10. The quantitative estimate of drug-likeness (QED) is 0.583. The predicted octanol–water partition coefficient (Wildman–Crippen LogP) is 2.65. The highest BCUT2D eigenvalue weighted by atomic mass is 19.1. The highest BCUT2D eigenvalue weighted by Crippen LogP contribution is 2.30. The van der Waals surface area contributed by atoms with E-state index < -0.39 is 17.6 Å². The lowest BCUT2D eigenvalue weighted by Gasteiger charge is -2.08. The Labute approximate surface area is 124 Å². The summed E-state index contributed by atoms with van der Waals surface area (Å²) in [5, 5.41) is 0. The third-order valence-electron chi connectivity index (χ3n) is 3.32. The Balaban J connectivity index is 2.19. The van der Waals surface area contributed by atoms with Crippen molar-refractivity contribution < 1.29 is 18.3 Å². The average molecular weight is 303 g/mol. The molecule has 0 unspecified atom stereocenters. The number of imidazole rings is 1. The van der Waals surface area contributed by atoms with E-state index in [0.29, 0.717) is 5.52 Å². The van der Waals surface area contributed by atoms with Gasteiger partial charge in [0.1, 0.15) is 12.1 Å². The number of fused-ring (bicyclic) bond motifs is 1. The normalized spacial score (nSPS) is 10.9. The second-order valence-electron chi connectivity index (χ2n) is 4.62. The molecule has 22 heavy (non-hydrogen) atoms. The summed E-state index contributed by atoms with van der Waals surface area (Å²) >= 11 is 0. The summed E-state index contributed by atoms with van der Waals surface area (Å²) < 4.78 is 34.1. The smallest absolute Gasteiger partial charge is 0.358 e. The van der Waals surface area contributed by atoms with Crippen LogP contribution < -0.4 is 5.73 Å². The molecular formula is C15H11F2N3O2. The van der Waals surface area contributed by atoms with Gasteiger partial charge in [0.25, 0.3) is 0 Å². The molecule has 0 saturated carbocycles. The van der Waals surface area contributed by atoms with Gasteiger partial charge in [-0.2, -0.15) is 0 Å². The molecule has 0 aliphatic rings. The first-order valence-electron chi connectivity index (χ1n) is 6.31. The lowest BCUT2D eigenvalue weighted by atomic mass is 10.1. The van der Waals surface area contributed by atoms with E-state index in [2.05, 4.69) is 9.72 Å². The fraction of sp³-hybridized carbons (Fsp3) is 0.0667. The van der Waals surface area contributed by atoms with E-state index in [9.17, 15) is 13.6 Å². The summed E-state index contributed by atoms with van der Waals surface area (Å²) in [6.07, 6.45) is 2.84. The molecule has 3 aromatic rings. The molecule has 0 atom stereocenters. The minimum Gasteiger partial charge on any atom is -0.464 e. The first kappa shape index (κ1) is 14.0. The zero-order valence-corrected chi connectivity index (χ0v) is 11.5. The molecule has 0 saturated heterocycles. The number of aromatic nitrogens is 2. The van der Waals surface area contributed by atoms with Gasteiger partial charge in [0.15, 0.2) is 11.5 Å². The number of hydrogen-bond donors (Lipinski definition) is 1. The van der Waals surface area contributed by atoms with Crippen LogP contribution in [0.3, 0.4) is 0 Å². The SMILES string of the molecule is COC(=O)c1ncn2cc(-c3c(F)ccc(N)c3F)ccc12. The number of pyridine rings is 1. The Morgan fingerprint density at radius 1 is 1.27 bits per heavy atom. The van der Waals surface area contributed by atoms with Crippen molar-refractivity contribution in [3.63, 3.8) is 0 Å². The van der Waals surface area contributed by atoms with E-state index in [1.165, 1.54) is 42.2 Å². The van der Waals surface area contributed by atoms with Crippen LogP contribution in [0, 0.1) is 11.6 Å². The van der Waals surface area contributed by atoms with Gasteiger partial charge in [0, 0.05) is 11.8 Å². The summed E-state index contributed by atoms with van der Waals surface area (Å²) in [7, 11) is 1.25.